The Morgan fingerprint density at radius 2 is 1.53 bits per heavy atom. The van der Waals surface area contributed by atoms with Crippen molar-refractivity contribution in [3.8, 4) is 17.1 Å². The van der Waals surface area contributed by atoms with Gasteiger partial charge in [0.05, 0.1) is 7.11 Å². The number of amides is 1. The molecule has 1 aromatic heterocycles. The van der Waals surface area contributed by atoms with Crippen molar-refractivity contribution in [2.45, 2.75) is 25.7 Å². The SMILES string of the molecule is COc1cccc(-c2noc(CCN(CCc3ccccc3)C(=O)CCc3ccccc3)n2)c1. The molecular weight excluding hydrogens is 426 g/mol. The molecule has 6 heteroatoms. The van der Waals surface area contributed by atoms with E-state index in [4.69, 9.17) is 9.26 Å². The van der Waals surface area contributed by atoms with Gasteiger partial charge in [-0.25, -0.2) is 0 Å². The van der Waals surface area contributed by atoms with Crippen LogP contribution in [0.5, 0.6) is 5.75 Å². The molecule has 6 nitrogen and oxygen atoms in total. The van der Waals surface area contributed by atoms with Crippen molar-refractivity contribution < 1.29 is 14.1 Å². The molecule has 0 fully saturated rings. The van der Waals surface area contributed by atoms with E-state index in [0.29, 0.717) is 37.6 Å². The fraction of sp³-hybridized carbons (Fsp3) is 0.250. The van der Waals surface area contributed by atoms with E-state index >= 15 is 0 Å². The molecule has 34 heavy (non-hydrogen) atoms. The van der Waals surface area contributed by atoms with Gasteiger partial charge in [-0.2, -0.15) is 4.98 Å². The number of carbonyl (C=O) groups excluding carboxylic acids is 1. The first kappa shape index (κ1) is 23.2. The summed E-state index contributed by atoms with van der Waals surface area (Å²) in [7, 11) is 1.62. The molecule has 0 N–H and O–H groups in total. The van der Waals surface area contributed by atoms with Crippen molar-refractivity contribution in [3.63, 3.8) is 0 Å². The first-order valence-electron chi connectivity index (χ1n) is 11.5. The maximum absolute atomic E-state index is 13.1. The second-order valence-corrected chi connectivity index (χ2v) is 8.10. The van der Waals surface area contributed by atoms with E-state index < -0.39 is 0 Å². The van der Waals surface area contributed by atoms with Crippen LogP contribution >= 0.6 is 0 Å². The predicted octanol–water partition coefficient (Wildman–Crippen LogP) is 4.99. The monoisotopic (exact) mass is 455 g/mol. The summed E-state index contributed by atoms with van der Waals surface area (Å²) < 4.78 is 10.8. The van der Waals surface area contributed by atoms with E-state index in [1.54, 1.807) is 7.11 Å². The Bertz CT molecular complexity index is 1180. The molecule has 0 radical (unpaired) electrons. The van der Waals surface area contributed by atoms with E-state index in [2.05, 4.69) is 34.4 Å². The minimum absolute atomic E-state index is 0.132. The molecule has 1 heterocycles. The number of nitrogens with zero attached hydrogens (tertiary/aromatic N) is 3. The number of hydrogen-bond acceptors (Lipinski definition) is 5. The molecule has 0 saturated carbocycles. The van der Waals surface area contributed by atoms with Crippen LogP contribution in [-0.4, -0.2) is 41.1 Å². The summed E-state index contributed by atoms with van der Waals surface area (Å²) in [5.74, 6) is 1.89. The smallest absolute Gasteiger partial charge is 0.228 e. The van der Waals surface area contributed by atoms with Gasteiger partial charge >= 0.3 is 0 Å². The lowest BCUT2D eigenvalue weighted by atomic mass is 10.1. The topological polar surface area (TPSA) is 68.5 Å². The van der Waals surface area contributed by atoms with Gasteiger partial charge in [0.2, 0.25) is 17.6 Å². The quantitative estimate of drug-likeness (QED) is 0.319. The Hall–Kier alpha value is -3.93. The van der Waals surface area contributed by atoms with E-state index in [0.717, 1.165) is 24.2 Å². The number of aromatic nitrogens is 2. The highest BCUT2D eigenvalue weighted by molar-refractivity contribution is 5.76. The molecule has 0 bridgehead atoms. The fourth-order valence-electron chi connectivity index (χ4n) is 3.79. The third-order valence-electron chi connectivity index (χ3n) is 5.73. The minimum atomic E-state index is 0.132. The first-order chi connectivity index (χ1) is 16.7. The molecule has 0 saturated heterocycles. The van der Waals surface area contributed by atoms with Gasteiger partial charge in [-0.3, -0.25) is 4.79 Å². The largest absolute Gasteiger partial charge is 0.497 e. The second-order valence-electron chi connectivity index (χ2n) is 8.10. The molecule has 3 aromatic carbocycles. The number of benzene rings is 3. The van der Waals surface area contributed by atoms with Gasteiger partial charge in [0.1, 0.15) is 5.75 Å². The van der Waals surface area contributed by atoms with Crippen molar-refractivity contribution in [2.24, 2.45) is 0 Å². The Kier molecular flexibility index (Phi) is 8.06. The molecule has 0 atom stereocenters. The maximum Gasteiger partial charge on any atom is 0.228 e. The zero-order valence-corrected chi connectivity index (χ0v) is 19.4. The molecule has 0 aliphatic heterocycles. The molecule has 4 rings (SSSR count). The summed E-state index contributed by atoms with van der Waals surface area (Å²) in [5, 5.41) is 4.11. The van der Waals surface area contributed by atoms with Crippen LogP contribution in [0.1, 0.15) is 23.4 Å². The number of rotatable bonds is 11. The van der Waals surface area contributed by atoms with Crippen LogP contribution in [-0.2, 0) is 24.1 Å². The lowest BCUT2D eigenvalue weighted by molar-refractivity contribution is -0.131. The van der Waals surface area contributed by atoms with Crippen molar-refractivity contribution in [2.75, 3.05) is 20.2 Å². The van der Waals surface area contributed by atoms with Crippen molar-refractivity contribution in [1.29, 1.82) is 0 Å². The van der Waals surface area contributed by atoms with E-state index in [9.17, 15) is 4.79 Å². The maximum atomic E-state index is 13.1. The zero-order chi connectivity index (χ0) is 23.6. The lowest BCUT2D eigenvalue weighted by Crippen LogP contribution is -2.35. The average molecular weight is 456 g/mol. The van der Waals surface area contributed by atoms with Crippen LogP contribution in [0.25, 0.3) is 11.4 Å². The third-order valence-corrected chi connectivity index (χ3v) is 5.73. The number of methoxy groups -OCH3 is 1. The van der Waals surface area contributed by atoms with Crippen LogP contribution in [0, 0.1) is 0 Å². The summed E-state index contributed by atoms with van der Waals surface area (Å²) in [4.78, 5) is 19.5. The zero-order valence-electron chi connectivity index (χ0n) is 19.4. The van der Waals surface area contributed by atoms with E-state index in [1.807, 2.05) is 65.6 Å². The van der Waals surface area contributed by atoms with E-state index in [-0.39, 0.29) is 5.91 Å². The highest BCUT2D eigenvalue weighted by Gasteiger charge is 2.16. The molecule has 0 unspecified atom stereocenters. The Balaban J connectivity index is 1.40. The average Bonchev–Trinajstić information content (AvgIpc) is 3.38. The molecule has 174 valence electrons. The summed E-state index contributed by atoms with van der Waals surface area (Å²) in [5.41, 5.74) is 3.20. The second kappa shape index (κ2) is 11.8. The van der Waals surface area contributed by atoms with Gasteiger partial charge in [0, 0.05) is 31.5 Å². The lowest BCUT2D eigenvalue weighted by Gasteiger charge is -2.22. The van der Waals surface area contributed by atoms with Gasteiger partial charge in [-0.05, 0) is 36.1 Å². The molecule has 0 spiro atoms. The van der Waals surface area contributed by atoms with Crippen LogP contribution in [0.3, 0.4) is 0 Å². The van der Waals surface area contributed by atoms with Crippen molar-refractivity contribution in [3.05, 3.63) is 102 Å². The molecule has 4 aromatic rings. The normalized spacial score (nSPS) is 10.7. The Labute approximate surface area is 200 Å². The highest BCUT2D eigenvalue weighted by Crippen LogP contribution is 2.21. The summed E-state index contributed by atoms with van der Waals surface area (Å²) in [6, 6.07) is 27.9. The van der Waals surface area contributed by atoms with Crippen LogP contribution in [0.15, 0.2) is 89.5 Å². The molecule has 0 aliphatic carbocycles. The first-order valence-corrected chi connectivity index (χ1v) is 11.5. The van der Waals surface area contributed by atoms with Crippen LogP contribution < -0.4 is 4.74 Å². The standard InChI is InChI=1S/C28H29N3O3/c1-33-25-14-8-13-24(21-25)28-29-26(34-30-28)18-20-31(19-17-23-11-6-3-7-12-23)27(32)16-15-22-9-4-2-5-10-22/h2-14,21H,15-20H2,1H3. The predicted molar refractivity (Wildman–Crippen MR) is 131 cm³/mol. The van der Waals surface area contributed by atoms with Crippen LogP contribution in [0.2, 0.25) is 0 Å². The number of carbonyl (C=O) groups is 1. The Morgan fingerprint density at radius 3 is 2.24 bits per heavy atom. The summed E-state index contributed by atoms with van der Waals surface area (Å²) in [6.45, 7) is 1.18. The fourth-order valence-corrected chi connectivity index (χ4v) is 3.79. The molecule has 1 amide bonds. The summed E-state index contributed by atoms with van der Waals surface area (Å²) >= 11 is 0. The van der Waals surface area contributed by atoms with Crippen molar-refractivity contribution >= 4 is 5.91 Å². The van der Waals surface area contributed by atoms with Crippen LogP contribution in [0.4, 0.5) is 0 Å². The third kappa shape index (κ3) is 6.54. The number of ether oxygens (including phenoxy) is 1. The summed E-state index contributed by atoms with van der Waals surface area (Å²) in [6.07, 6.45) is 2.50. The van der Waals surface area contributed by atoms with Gasteiger partial charge in [-0.15, -0.1) is 0 Å². The van der Waals surface area contributed by atoms with Crippen molar-refractivity contribution in [1.82, 2.24) is 15.0 Å². The minimum Gasteiger partial charge on any atom is -0.497 e. The molecule has 0 aliphatic rings. The van der Waals surface area contributed by atoms with E-state index in [1.165, 1.54) is 11.1 Å². The van der Waals surface area contributed by atoms with Gasteiger partial charge in [0.15, 0.2) is 0 Å². The Morgan fingerprint density at radius 1 is 0.853 bits per heavy atom. The van der Waals surface area contributed by atoms with Gasteiger partial charge in [-0.1, -0.05) is 78.0 Å². The van der Waals surface area contributed by atoms with Gasteiger partial charge < -0.3 is 14.2 Å². The molecular formula is C28H29N3O3. The van der Waals surface area contributed by atoms with Gasteiger partial charge in [0.25, 0.3) is 0 Å². The number of aryl methyl sites for hydroxylation is 1. The highest BCUT2D eigenvalue weighted by atomic mass is 16.5. The number of hydrogen-bond donors (Lipinski definition) is 0.